The zero-order valence-corrected chi connectivity index (χ0v) is 15.2. The molecule has 1 saturated heterocycles. The predicted molar refractivity (Wildman–Crippen MR) is 92.6 cm³/mol. The van der Waals surface area contributed by atoms with Gasteiger partial charge in [0, 0.05) is 60.9 Å². The predicted octanol–water partition coefficient (Wildman–Crippen LogP) is 2.44. The molecule has 3 rings (SSSR count). The van der Waals surface area contributed by atoms with Crippen molar-refractivity contribution in [1.29, 1.82) is 0 Å². The number of hydrogen-bond donors (Lipinski definition) is 1. The lowest BCUT2D eigenvalue weighted by atomic mass is 9.96. The standard InChI is InChI=1S/C18H27N5O/c1-12-14(11-22-23(12)5)16-15(6-7-24-16)19-8-13-9-20-17(21-10-13)18(2,3)4/h9-11,15-16,19H,6-8H2,1-5H3/t15-,16+/m0/s1. The van der Waals surface area contributed by atoms with Crippen LogP contribution in [0.3, 0.4) is 0 Å². The van der Waals surface area contributed by atoms with E-state index in [0.29, 0.717) is 0 Å². The molecule has 3 heterocycles. The number of hydrogen-bond acceptors (Lipinski definition) is 5. The zero-order valence-electron chi connectivity index (χ0n) is 15.2. The lowest BCUT2D eigenvalue weighted by molar-refractivity contribution is 0.0979. The van der Waals surface area contributed by atoms with Crippen LogP contribution >= 0.6 is 0 Å². The van der Waals surface area contributed by atoms with Crippen molar-refractivity contribution in [3.8, 4) is 0 Å². The van der Waals surface area contributed by atoms with Crippen molar-refractivity contribution < 1.29 is 4.74 Å². The molecule has 1 fully saturated rings. The van der Waals surface area contributed by atoms with Crippen LogP contribution in [0.5, 0.6) is 0 Å². The second kappa shape index (κ2) is 6.61. The molecular formula is C18H27N5O. The van der Waals surface area contributed by atoms with Gasteiger partial charge in [0.15, 0.2) is 0 Å². The van der Waals surface area contributed by atoms with Gasteiger partial charge in [-0.3, -0.25) is 4.68 Å². The molecule has 0 bridgehead atoms. The van der Waals surface area contributed by atoms with Gasteiger partial charge in [-0.15, -0.1) is 0 Å². The van der Waals surface area contributed by atoms with Crippen molar-refractivity contribution in [3.05, 3.63) is 41.2 Å². The van der Waals surface area contributed by atoms with Gasteiger partial charge < -0.3 is 10.1 Å². The smallest absolute Gasteiger partial charge is 0.133 e. The summed E-state index contributed by atoms with van der Waals surface area (Å²) in [5.41, 5.74) is 3.41. The Morgan fingerprint density at radius 2 is 1.96 bits per heavy atom. The van der Waals surface area contributed by atoms with Crippen LogP contribution in [0, 0.1) is 6.92 Å². The third kappa shape index (κ3) is 3.49. The molecule has 1 aliphatic rings. The van der Waals surface area contributed by atoms with E-state index >= 15 is 0 Å². The van der Waals surface area contributed by atoms with Gasteiger partial charge in [0.25, 0.3) is 0 Å². The largest absolute Gasteiger partial charge is 0.372 e. The number of rotatable bonds is 4. The van der Waals surface area contributed by atoms with Gasteiger partial charge in [0.05, 0.1) is 6.20 Å². The molecule has 1 aliphatic heterocycles. The summed E-state index contributed by atoms with van der Waals surface area (Å²) in [6.07, 6.45) is 6.82. The van der Waals surface area contributed by atoms with E-state index in [2.05, 4.69) is 48.1 Å². The maximum absolute atomic E-state index is 5.95. The van der Waals surface area contributed by atoms with Crippen LogP contribution in [0.15, 0.2) is 18.6 Å². The fourth-order valence-electron chi connectivity index (χ4n) is 2.98. The highest BCUT2D eigenvalue weighted by Crippen LogP contribution is 2.31. The normalized spacial score (nSPS) is 21.4. The van der Waals surface area contributed by atoms with Gasteiger partial charge in [-0.25, -0.2) is 9.97 Å². The van der Waals surface area contributed by atoms with E-state index in [4.69, 9.17) is 4.74 Å². The molecule has 0 amide bonds. The number of ether oxygens (including phenoxy) is 1. The van der Waals surface area contributed by atoms with Crippen molar-refractivity contribution in [3.63, 3.8) is 0 Å². The quantitative estimate of drug-likeness (QED) is 0.933. The van der Waals surface area contributed by atoms with Crippen molar-refractivity contribution in [2.24, 2.45) is 7.05 Å². The molecule has 130 valence electrons. The van der Waals surface area contributed by atoms with Crippen molar-refractivity contribution in [1.82, 2.24) is 25.1 Å². The average Bonchev–Trinajstić information content (AvgIpc) is 3.12. The van der Waals surface area contributed by atoms with Crippen LogP contribution < -0.4 is 5.32 Å². The fraction of sp³-hybridized carbons (Fsp3) is 0.611. The number of nitrogens with one attached hydrogen (secondary N) is 1. The summed E-state index contributed by atoms with van der Waals surface area (Å²) < 4.78 is 7.85. The topological polar surface area (TPSA) is 64.9 Å². The Morgan fingerprint density at radius 1 is 1.25 bits per heavy atom. The lowest BCUT2D eigenvalue weighted by Crippen LogP contribution is -2.31. The second-order valence-electron chi connectivity index (χ2n) is 7.54. The first-order chi connectivity index (χ1) is 11.4. The van der Waals surface area contributed by atoms with E-state index in [1.807, 2.05) is 30.3 Å². The molecule has 1 N–H and O–H groups in total. The van der Waals surface area contributed by atoms with E-state index in [1.165, 1.54) is 5.56 Å². The lowest BCUT2D eigenvalue weighted by Gasteiger charge is -2.20. The highest BCUT2D eigenvalue weighted by atomic mass is 16.5. The van der Waals surface area contributed by atoms with Gasteiger partial charge >= 0.3 is 0 Å². The molecule has 24 heavy (non-hydrogen) atoms. The zero-order chi connectivity index (χ0) is 17.3. The Balaban J connectivity index is 1.64. The molecule has 0 aromatic carbocycles. The van der Waals surface area contributed by atoms with Crippen LogP contribution in [0.1, 0.15) is 55.9 Å². The average molecular weight is 329 g/mol. The van der Waals surface area contributed by atoms with E-state index in [9.17, 15) is 0 Å². The fourth-order valence-corrected chi connectivity index (χ4v) is 2.98. The van der Waals surface area contributed by atoms with Gasteiger partial charge in [0.1, 0.15) is 11.9 Å². The van der Waals surface area contributed by atoms with Gasteiger partial charge in [-0.1, -0.05) is 20.8 Å². The Labute approximate surface area is 143 Å². The molecule has 0 unspecified atom stereocenters. The Morgan fingerprint density at radius 3 is 2.54 bits per heavy atom. The molecule has 6 nitrogen and oxygen atoms in total. The minimum Gasteiger partial charge on any atom is -0.372 e. The molecule has 0 aliphatic carbocycles. The first-order valence-corrected chi connectivity index (χ1v) is 8.51. The van der Waals surface area contributed by atoms with Crippen LogP contribution in [-0.2, 0) is 23.7 Å². The Bertz CT molecular complexity index is 686. The Kier molecular flexibility index (Phi) is 4.69. The summed E-state index contributed by atoms with van der Waals surface area (Å²) >= 11 is 0. The summed E-state index contributed by atoms with van der Waals surface area (Å²) in [7, 11) is 1.96. The maximum atomic E-state index is 5.95. The number of aromatic nitrogens is 4. The molecule has 6 heteroatoms. The van der Waals surface area contributed by atoms with Gasteiger partial charge in [-0.2, -0.15) is 5.10 Å². The maximum Gasteiger partial charge on any atom is 0.133 e. The molecule has 2 atom stereocenters. The first kappa shape index (κ1) is 17.0. The second-order valence-corrected chi connectivity index (χ2v) is 7.54. The van der Waals surface area contributed by atoms with E-state index in [1.54, 1.807) is 0 Å². The minimum absolute atomic E-state index is 0.0197. The third-order valence-corrected chi connectivity index (χ3v) is 4.62. The summed E-state index contributed by atoms with van der Waals surface area (Å²) in [6.45, 7) is 9.97. The molecule has 0 saturated carbocycles. The molecule has 2 aromatic heterocycles. The van der Waals surface area contributed by atoms with Crippen LogP contribution in [0.4, 0.5) is 0 Å². The highest BCUT2D eigenvalue weighted by Gasteiger charge is 2.31. The van der Waals surface area contributed by atoms with E-state index < -0.39 is 0 Å². The van der Waals surface area contributed by atoms with Crippen molar-refractivity contribution >= 4 is 0 Å². The van der Waals surface area contributed by atoms with Crippen molar-refractivity contribution in [2.45, 2.75) is 58.2 Å². The molecular weight excluding hydrogens is 302 g/mol. The molecule has 2 aromatic rings. The van der Waals surface area contributed by atoms with Gasteiger partial charge in [-0.05, 0) is 13.3 Å². The first-order valence-electron chi connectivity index (χ1n) is 8.51. The third-order valence-electron chi connectivity index (χ3n) is 4.62. The number of aryl methyl sites for hydroxylation is 1. The summed E-state index contributed by atoms with van der Waals surface area (Å²) in [5, 5.41) is 7.93. The van der Waals surface area contributed by atoms with Crippen molar-refractivity contribution in [2.75, 3.05) is 6.61 Å². The van der Waals surface area contributed by atoms with E-state index in [-0.39, 0.29) is 17.6 Å². The van der Waals surface area contributed by atoms with Crippen LogP contribution in [0.2, 0.25) is 0 Å². The summed E-state index contributed by atoms with van der Waals surface area (Å²) in [5.74, 6) is 0.874. The Hall–Kier alpha value is -1.79. The number of nitrogens with zero attached hydrogens (tertiary/aromatic N) is 4. The summed E-state index contributed by atoms with van der Waals surface area (Å²) in [6, 6.07) is 0.287. The minimum atomic E-state index is -0.0197. The molecule has 0 spiro atoms. The van der Waals surface area contributed by atoms with Crippen LogP contribution in [0.25, 0.3) is 0 Å². The summed E-state index contributed by atoms with van der Waals surface area (Å²) in [4.78, 5) is 8.99. The molecule has 0 radical (unpaired) electrons. The van der Waals surface area contributed by atoms with E-state index in [0.717, 1.165) is 36.7 Å². The highest BCUT2D eigenvalue weighted by molar-refractivity contribution is 5.22. The van der Waals surface area contributed by atoms with Gasteiger partial charge in [0.2, 0.25) is 0 Å². The monoisotopic (exact) mass is 329 g/mol. The van der Waals surface area contributed by atoms with Crippen LogP contribution in [-0.4, -0.2) is 32.4 Å². The SMILES string of the molecule is Cc1c([C@H]2OCC[C@@H]2NCc2cnc(C(C)(C)C)nc2)cnn1C.